The monoisotopic (exact) mass is 143 g/mol. The molecule has 0 saturated carbocycles. The Bertz CT molecular complexity index is 142. The number of nitrogens with two attached hydrogens (primary N) is 1. The second kappa shape index (κ2) is 2.35. The minimum Gasteiger partial charge on any atom is -0.319 e. The molecule has 2 heteroatoms. The summed E-state index contributed by atoms with van der Waals surface area (Å²) in [5, 5.41) is 0. The van der Waals surface area contributed by atoms with Crippen molar-refractivity contribution < 1.29 is 4.79 Å². The van der Waals surface area contributed by atoms with Crippen molar-refractivity contribution in [1.29, 1.82) is 0 Å². The number of carbonyl (C=O) groups is 1. The number of hydrogen-bond acceptors (Lipinski definition) is 2. The summed E-state index contributed by atoms with van der Waals surface area (Å²) in [5.74, 6) is 0.0417. The van der Waals surface area contributed by atoms with Gasteiger partial charge in [-0.05, 0) is 19.3 Å². The van der Waals surface area contributed by atoms with Crippen LogP contribution < -0.4 is 5.73 Å². The number of Topliss-reactive ketones (excluding diaryl/α,β-unsaturated/α-hetero) is 1. The van der Waals surface area contributed by atoms with Crippen molar-refractivity contribution in [2.45, 2.75) is 40.2 Å². The Kier molecular flexibility index (Phi) is 2.26. The highest BCUT2D eigenvalue weighted by atomic mass is 16.1. The molecule has 1 atom stereocenters. The van der Waals surface area contributed by atoms with Crippen LogP contribution in [-0.4, -0.2) is 11.3 Å². The Hall–Kier alpha value is -0.370. The molecule has 0 aromatic carbocycles. The van der Waals surface area contributed by atoms with E-state index in [1.807, 2.05) is 20.8 Å². The van der Waals surface area contributed by atoms with Gasteiger partial charge in [0, 0.05) is 0 Å². The topological polar surface area (TPSA) is 43.1 Å². The van der Waals surface area contributed by atoms with E-state index in [9.17, 15) is 4.79 Å². The zero-order chi connectivity index (χ0) is 8.58. The van der Waals surface area contributed by atoms with E-state index in [2.05, 4.69) is 0 Å². The van der Waals surface area contributed by atoms with Crippen LogP contribution in [0.25, 0.3) is 0 Å². The summed E-state index contributed by atoms with van der Waals surface area (Å²) in [6.45, 7) is 9.21. The number of ketones is 1. The van der Waals surface area contributed by atoms with Gasteiger partial charge in [-0.1, -0.05) is 20.8 Å². The van der Waals surface area contributed by atoms with Gasteiger partial charge in [-0.25, -0.2) is 0 Å². The molecular formula is C8H17NO. The van der Waals surface area contributed by atoms with Gasteiger partial charge < -0.3 is 5.73 Å². The molecule has 0 heterocycles. The van der Waals surface area contributed by atoms with Crippen molar-refractivity contribution in [3.05, 3.63) is 0 Å². The highest BCUT2D eigenvalue weighted by Crippen LogP contribution is 2.27. The van der Waals surface area contributed by atoms with Crippen LogP contribution >= 0.6 is 0 Å². The molecular weight excluding hydrogens is 126 g/mol. The predicted molar refractivity (Wildman–Crippen MR) is 42.7 cm³/mol. The molecule has 0 saturated heterocycles. The van der Waals surface area contributed by atoms with E-state index >= 15 is 0 Å². The van der Waals surface area contributed by atoms with Crippen LogP contribution in [-0.2, 0) is 4.79 Å². The normalized spacial score (nSPS) is 18.2. The van der Waals surface area contributed by atoms with Crippen LogP contribution in [0.4, 0.5) is 0 Å². The summed E-state index contributed by atoms with van der Waals surface area (Å²) in [5.41, 5.74) is 4.93. The van der Waals surface area contributed by atoms with Crippen molar-refractivity contribution in [2.24, 2.45) is 11.1 Å². The van der Waals surface area contributed by atoms with E-state index in [1.165, 1.54) is 6.92 Å². The molecule has 2 nitrogen and oxygen atoms in total. The first-order valence-electron chi connectivity index (χ1n) is 3.49. The maximum absolute atomic E-state index is 11.0. The third-order valence-electron chi connectivity index (χ3n) is 2.29. The molecule has 0 aliphatic heterocycles. The van der Waals surface area contributed by atoms with E-state index in [1.54, 1.807) is 6.92 Å². The Balaban J connectivity index is 4.57. The number of rotatable bonds is 1. The molecule has 0 rings (SSSR count). The van der Waals surface area contributed by atoms with Gasteiger partial charge in [0.1, 0.15) is 5.78 Å². The van der Waals surface area contributed by atoms with Gasteiger partial charge in [0.25, 0.3) is 0 Å². The minimum absolute atomic E-state index is 0.0417. The van der Waals surface area contributed by atoms with Crippen LogP contribution in [0.5, 0.6) is 0 Å². The first-order chi connectivity index (χ1) is 4.19. The van der Waals surface area contributed by atoms with Crippen LogP contribution in [0.15, 0.2) is 0 Å². The zero-order valence-corrected chi connectivity index (χ0v) is 7.49. The predicted octanol–water partition coefficient (Wildman–Crippen LogP) is 1.34. The molecule has 0 aromatic rings. The SMILES string of the molecule is CC(=O)C(C)(N)C(C)(C)C. The highest BCUT2D eigenvalue weighted by Gasteiger charge is 2.37. The smallest absolute Gasteiger partial charge is 0.149 e. The maximum Gasteiger partial charge on any atom is 0.149 e. The molecule has 0 radical (unpaired) electrons. The van der Waals surface area contributed by atoms with Crippen molar-refractivity contribution in [1.82, 2.24) is 0 Å². The van der Waals surface area contributed by atoms with Gasteiger partial charge >= 0.3 is 0 Å². The number of hydrogen-bond donors (Lipinski definition) is 1. The Morgan fingerprint density at radius 3 is 1.50 bits per heavy atom. The quantitative estimate of drug-likeness (QED) is 0.602. The van der Waals surface area contributed by atoms with Crippen molar-refractivity contribution >= 4 is 5.78 Å². The van der Waals surface area contributed by atoms with Crippen LogP contribution in [0.3, 0.4) is 0 Å². The van der Waals surface area contributed by atoms with Gasteiger partial charge in [0.2, 0.25) is 0 Å². The Morgan fingerprint density at radius 1 is 1.20 bits per heavy atom. The van der Waals surface area contributed by atoms with Crippen molar-refractivity contribution in [3.63, 3.8) is 0 Å². The molecule has 0 aliphatic rings. The van der Waals surface area contributed by atoms with Gasteiger partial charge in [0.15, 0.2) is 0 Å². The maximum atomic E-state index is 11.0. The zero-order valence-electron chi connectivity index (χ0n) is 7.49. The molecule has 0 bridgehead atoms. The van der Waals surface area contributed by atoms with Crippen molar-refractivity contribution in [2.75, 3.05) is 0 Å². The van der Waals surface area contributed by atoms with E-state index in [0.717, 1.165) is 0 Å². The summed E-state index contributed by atoms with van der Waals surface area (Å²) < 4.78 is 0. The lowest BCUT2D eigenvalue weighted by Gasteiger charge is -2.35. The fourth-order valence-electron chi connectivity index (χ4n) is 0.528. The third-order valence-corrected chi connectivity index (χ3v) is 2.29. The number of carbonyl (C=O) groups excluding carboxylic acids is 1. The average molecular weight is 143 g/mol. The standard InChI is InChI=1S/C8H17NO/c1-6(10)8(5,9)7(2,3)4/h9H2,1-5H3. The average Bonchev–Trinajstić information content (AvgIpc) is 1.62. The Labute approximate surface area is 62.8 Å². The van der Waals surface area contributed by atoms with Gasteiger partial charge in [-0.15, -0.1) is 0 Å². The molecule has 0 aromatic heterocycles. The second-order valence-electron chi connectivity index (χ2n) is 4.01. The molecule has 60 valence electrons. The first kappa shape index (κ1) is 9.63. The van der Waals surface area contributed by atoms with E-state index in [-0.39, 0.29) is 11.2 Å². The Morgan fingerprint density at radius 2 is 1.50 bits per heavy atom. The summed E-state index contributed by atoms with van der Waals surface area (Å²) in [7, 11) is 0. The summed E-state index contributed by atoms with van der Waals surface area (Å²) in [6, 6.07) is 0. The largest absolute Gasteiger partial charge is 0.319 e. The van der Waals surface area contributed by atoms with E-state index < -0.39 is 5.54 Å². The lowest BCUT2D eigenvalue weighted by molar-refractivity contribution is -0.124. The fraction of sp³-hybridized carbons (Fsp3) is 0.875. The van der Waals surface area contributed by atoms with Crippen LogP contribution in [0.2, 0.25) is 0 Å². The van der Waals surface area contributed by atoms with Crippen LogP contribution in [0.1, 0.15) is 34.6 Å². The van der Waals surface area contributed by atoms with Gasteiger partial charge in [0.05, 0.1) is 5.54 Å². The lowest BCUT2D eigenvalue weighted by Crippen LogP contribution is -2.54. The molecule has 0 amide bonds. The molecule has 2 N–H and O–H groups in total. The highest BCUT2D eigenvalue weighted by molar-refractivity contribution is 5.86. The van der Waals surface area contributed by atoms with E-state index in [4.69, 9.17) is 5.73 Å². The first-order valence-corrected chi connectivity index (χ1v) is 3.49. The van der Waals surface area contributed by atoms with Gasteiger partial charge in [-0.3, -0.25) is 4.79 Å². The summed E-state index contributed by atoms with van der Waals surface area (Å²) >= 11 is 0. The fourth-order valence-corrected chi connectivity index (χ4v) is 0.528. The lowest BCUT2D eigenvalue weighted by atomic mass is 9.73. The summed E-state index contributed by atoms with van der Waals surface area (Å²) in [6.07, 6.45) is 0. The molecule has 0 spiro atoms. The molecule has 10 heavy (non-hydrogen) atoms. The summed E-state index contributed by atoms with van der Waals surface area (Å²) in [4.78, 5) is 11.0. The van der Waals surface area contributed by atoms with Crippen LogP contribution in [0, 0.1) is 5.41 Å². The molecule has 0 fully saturated rings. The van der Waals surface area contributed by atoms with Gasteiger partial charge in [-0.2, -0.15) is 0 Å². The van der Waals surface area contributed by atoms with Crippen molar-refractivity contribution in [3.8, 4) is 0 Å². The molecule has 0 aliphatic carbocycles. The minimum atomic E-state index is -0.701. The van der Waals surface area contributed by atoms with E-state index in [0.29, 0.717) is 0 Å². The molecule has 1 unspecified atom stereocenters. The third kappa shape index (κ3) is 1.57. The second-order valence-corrected chi connectivity index (χ2v) is 4.01.